The maximum Gasteiger partial charge on any atom is 0.239 e. The lowest BCUT2D eigenvalue weighted by atomic mass is 10.2. The molecule has 0 radical (unpaired) electrons. The van der Waals surface area contributed by atoms with Crippen LogP contribution >= 0.6 is 22.9 Å². The van der Waals surface area contributed by atoms with Gasteiger partial charge < -0.3 is 0 Å². The summed E-state index contributed by atoms with van der Waals surface area (Å²) in [5.41, 5.74) is 0. The zero-order valence-corrected chi connectivity index (χ0v) is 7.11. The smallest absolute Gasteiger partial charge is 0.239 e. The van der Waals surface area contributed by atoms with Crippen molar-refractivity contribution in [3.8, 4) is 0 Å². The minimum atomic E-state index is -0.547. The second-order valence-electron chi connectivity index (χ2n) is 1.86. The molecule has 0 bridgehead atoms. The van der Waals surface area contributed by atoms with Gasteiger partial charge in [-0.2, -0.15) is 0 Å². The minimum absolute atomic E-state index is 0.239. The maximum atomic E-state index is 11.0. The van der Waals surface area contributed by atoms with Gasteiger partial charge in [-0.05, 0) is 11.4 Å². The van der Waals surface area contributed by atoms with Crippen molar-refractivity contribution >= 4 is 34.5 Å². The standard InChI is InChI=1S/C7H5ClO2S/c8-4-5(9)7(10)6-2-1-3-11-6/h1-3H,4H2. The van der Waals surface area contributed by atoms with E-state index in [1.54, 1.807) is 17.5 Å². The van der Waals surface area contributed by atoms with E-state index in [0.717, 1.165) is 0 Å². The lowest BCUT2D eigenvalue weighted by Gasteiger charge is -1.89. The molecule has 0 saturated carbocycles. The van der Waals surface area contributed by atoms with E-state index in [4.69, 9.17) is 11.6 Å². The number of carbonyl (C=O) groups excluding carboxylic acids is 2. The van der Waals surface area contributed by atoms with E-state index >= 15 is 0 Å². The fourth-order valence-corrected chi connectivity index (χ4v) is 1.41. The summed E-state index contributed by atoms with van der Waals surface area (Å²) < 4.78 is 0. The van der Waals surface area contributed by atoms with E-state index in [1.165, 1.54) is 11.3 Å². The molecule has 11 heavy (non-hydrogen) atoms. The van der Waals surface area contributed by atoms with Gasteiger partial charge in [0.1, 0.15) is 0 Å². The van der Waals surface area contributed by atoms with Crippen LogP contribution in [-0.4, -0.2) is 17.4 Å². The summed E-state index contributed by atoms with van der Waals surface area (Å²) in [5.74, 6) is -1.28. The second-order valence-corrected chi connectivity index (χ2v) is 3.08. The molecule has 0 aromatic carbocycles. The molecule has 4 heteroatoms. The van der Waals surface area contributed by atoms with Gasteiger partial charge >= 0.3 is 0 Å². The number of rotatable bonds is 3. The summed E-state index contributed by atoms with van der Waals surface area (Å²) in [6.07, 6.45) is 0. The predicted molar refractivity (Wildman–Crippen MR) is 44.4 cm³/mol. The van der Waals surface area contributed by atoms with Crippen molar-refractivity contribution < 1.29 is 9.59 Å². The van der Waals surface area contributed by atoms with Crippen LogP contribution in [0.15, 0.2) is 17.5 Å². The van der Waals surface area contributed by atoms with Gasteiger partial charge in [-0.15, -0.1) is 22.9 Å². The molecule has 0 fully saturated rings. The molecular formula is C7H5ClO2S. The number of hydrogen-bond acceptors (Lipinski definition) is 3. The van der Waals surface area contributed by atoms with E-state index in [-0.39, 0.29) is 5.88 Å². The summed E-state index contributed by atoms with van der Waals surface area (Å²) in [6.45, 7) is 0. The van der Waals surface area contributed by atoms with E-state index < -0.39 is 11.6 Å². The third kappa shape index (κ3) is 1.88. The average molecular weight is 189 g/mol. The zero-order chi connectivity index (χ0) is 8.27. The number of carbonyl (C=O) groups is 2. The highest BCUT2D eigenvalue weighted by atomic mass is 35.5. The van der Waals surface area contributed by atoms with Crippen molar-refractivity contribution in [3.63, 3.8) is 0 Å². The maximum absolute atomic E-state index is 11.0. The molecule has 2 nitrogen and oxygen atoms in total. The molecule has 0 unspecified atom stereocenters. The van der Waals surface area contributed by atoms with Crippen molar-refractivity contribution in [1.29, 1.82) is 0 Å². The topological polar surface area (TPSA) is 34.1 Å². The van der Waals surface area contributed by atoms with Crippen LogP contribution in [0.4, 0.5) is 0 Å². The fraction of sp³-hybridized carbons (Fsp3) is 0.143. The lowest BCUT2D eigenvalue weighted by Crippen LogP contribution is -2.13. The normalized spacial score (nSPS) is 9.55. The van der Waals surface area contributed by atoms with E-state index in [1.807, 2.05) is 0 Å². The molecule has 0 saturated heterocycles. The average Bonchev–Trinajstić information content (AvgIpc) is 2.53. The molecule has 58 valence electrons. The zero-order valence-electron chi connectivity index (χ0n) is 5.54. The molecule has 1 heterocycles. The van der Waals surface area contributed by atoms with E-state index in [9.17, 15) is 9.59 Å². The van der Waals surface area contributed by atoms with Crippen LogP contribution < -0.4 is 0 Å². The Bertz CT molecular complexity index is 266. The third-order valence-electron chi connectivity index (χ3n) is 1.12. The van der Waals surface area contributed by atoms with Crippen molar-refractivity contribution in [3.05, 3.63) is 22.4 Å². The Morgan fingerprint density at radius 2 is 2.27 bits per heavy atom. The molecule has 0 aliphatic carbocycles. The summed E-state index contributed by atoms with van der Waals surface area (Å²) in [5, 5.41) is 1.74. The third-order valence-corrected chi connectivity index (χ3v) is 2.23. The largest absolute Gasteiger partial charge is 0.289 e. The molecular weight excluding hydrogens is 184 g/mol. The van der Waals surface area contributed by atoms with Crippen LogP contribution in [-0.2, 0) is 4.79 Å². The Kier molecular flexibility index (Phi) is 2.79. The number of halogens is 1. The molecule has 1 aromatic rings. The molecule has 0 atom stereocenters. The first-order valence-corrected chi connectivity index (χ1v) is 4.34. The van der Waals surface area contributed by atoms with Crippen molar-refractivity contribution in [2.75, 3.05) is 5.88 Å². The second kappa shape index (κ2) is 3.64. The minimum Gasteiger partial charge on any atom is -0.289 e. The Morgan fingerprint density at radius 3 is 2.73 bits per heavy atom. The number of Topliss-reactive ketones (excluding diaryl/α,β-unsaturated/α-hetero) is 2. The van der Waals surface area contributed by atoms with Crippen LogP contribution in [0.1, 0.15) is 9.67 Å². The monoisotopic (exact) mass is 188 g/mol. The van der Waals surface area contributed by atoms with Crippen molar-refractivity contribution in [2.45, 2.75) is 0 Å². The molecule has 0 aliphatic rings. The van der Waals surface area contributed by atoms with Gasteiger partial charge in [0.2, 0.25) is 11.6 Å². The van der Waals surface area contributed by atoms with Crippen LogP contribution in [0.5, 0.6) is 0 Å². The van der Waals surface area contributed by atoms with Crippen LogP contribution in [0, 0.1) is 0 Å². The Hall–Kier alpha value is -0.670. The van der Waals surface area contributed by atoms with Crippen LogP contribution in [0.25, 0.3) is 0 Å². The van der Waals surface area contributed by atoms with Gasteiger partial charge in [-0.25, -0.2) is 0 Å². The first kappa shape index (κ1) is 8.43. The number of alkyl halides is 1. The van der Waals surface area contributed by atoms with Gasteiger partial charge in [0, 0.05) is 0 Å². The fourth-order valence-electron chi connectivity index (χ4n) is 0.606. The van der Waals surface area contributed by atoms with E-state index in [0.29, 0.717) is 4.88 Å². The molecule has 1 rings (SSSR count). The van der Waals surface area contributed by atoms with Gasteiger partial charge in [-0.1, -0.05) is 6.07 Å². The predicted octanol–water partition coefficient (Wildman–Crippen LogP) is 1.74. The summed E-state index contributed by atoms with van der Waals surface area (Å²) >= 11 is 6.44. The van der Waals surface area contributed by atoms with Gasteiger partial charge in [0.05, 0.1) is 10.8 Å². The Morgan fingerprint density at radius 1 is 1.55 bits per heavy atom. The van der Waals surface area contributed by atoms with Crippen molar-refractivity contribution in [2.24, 2.45) is 0 Å². The first-order valence-electron chi connectivity index (χ1n) is 2.92. The highest BCUT2D eigenvalue weighted by molar-refractivity contribution is 7.13. The molecule has 0 amide bonds. The summed E-state index contributed by atoms with van der Waals surface area (Å²) in [4.78, 5) is 22.2. The highest BCUT2D eigenvalue weighted by Gasteiger charge is 2.14. The summed E-state index contributed by atoms with van der Waals surface area (Å²) in [6, 6.07) is 3.33. The number of ketones is 2. The molecule has 1 aromatic heterocycles. The quantitative estimate of drug-likeness (QED) is 0.411. The number of thiophene rings is 1. The highest BCUT2D eigenvalue weighted by Crippen LogP contribution is 2.09. The number of hydrogen-bond donors (Lipinski definition) is 0. The van der Waals surface area contributed by atoms with Gasteiger partial charge in [-0.3, -0.25) is 9.59 Å². The Labute approximate surface area is 72.8 Å². The lowest BCUT2D eigenvalue weighted by molar-refractivity contribution is -0.112. The molecule has 0 spiro atoms. The first-order chi connectivity index (χ1) is 5.25. The molecule has 0 aliphatic heterocycles. The SMILES string of the molecule is O=C(CCl)C(=O)c1cccs1. The Balaban J connectivity index is 2.79. The van der Waals surface area contributed by atoms with Crippen molar-refractivity contribution in [1.82, 2.24) is 0 Å². The van der Waals surface area contributed by atoms with Crippen LogP contribution in [0.2, 0.25) is 0 Å². The van der Waals surface area contributed by atoms with Gasteiger partial charge in [0.15, 0.2) is 0 Å². The van der Waals surface area contributed by atoms with Gasteiger partial charge in [0.25, 0.3) is 0 Å². The summed E-state index contributed by atoms with van der Waals surface area (Å²) in [7, 11) is 0. The van der Waals surface area contributed by atoms with E-state index in [2.05, 4.69) is 0 Å². The van der Waals surface area contributed by atoms with Crippen LogP contribution in [0.3, 0.4) is 0 Å². The molecule has 0 N–H and O–H groups in total.